The zero-order chi connectivity index (χ0) is 13.3. The molecule has 6 nitrogen and oxygen atoms in total. The minimum atomic E-state index is -0.661. The summed E-state index contributed by atoms with van der Waals surface area (Å²) in [6, 6.07) is 9.47. The van der Waals surface area contributed by atoms with Crippen molar-refractivity contribution >= 4 is 5.91 Å². The summed E-state index contributed by atoms with van der Waals surface area (Å²) in [6.45, 7) is 4.97. The van der Waals surface area contributed by atoms with Crippen LogP contribution in [-0.4, -0.2) is 25.7 Å². The smallest absolute Gasteiger partial charge is 0.273 e. The van der Waals surface area contributed by atoms with Gasteiger partial charge in [-0.15, -0.1) is 4.68 Å². The van der Waals surface area contributed by atoms with Crippen LogP contribution in [0.1, 0.15) is 31.1 Å². The Morgan fingerprint density at radius 3 is 2.28 bits per heavy atom. The molecule has 1 aromatic carbocycles. The van der Waals surface area contributed by atoms with Crippen LogP contribution in [0.3, 0.4) is 0 Å². The van der Waals surface area contributed by atoms with Crippen molar-refractivity contribution in [2.24, 2.45) is 0 Å². The van der Waals surface area contributed by atoms with E-state index in [4.69, 9.17) is 0 Å². The van der Waals surface area contributed by atoms with E-state index in [1.165, 1.54) is 11.6 Å². The number of carbonyl (C=O) groups is 1. The summed E-state index contributed by atoms with van der Waals surface area (Å²) < 4.78 is 1.97. The van der Waals surface area contributed by atoms with Gasteiger partial charge in [0.2, 0.25) is 5.91 Å². The standard InChI is InChI=1S/C12H14N4O2/c1-9(17)15-11(18)16(14-13-15)12(2,3)10-7-5-4-6-8-10/h4-8H,1-3H3. The third kappa shape index (κ3) is 1.85. The second-order valence-corrected chi connectivity index (χ2v) is 4.53. The highest BCUT2D eigenvalue weighted by Gasteiger charge is 2.28. The predicted octanol–water partition coefficient (Wildman–Crippen LogP) is 0.883. The predicted molar refractivity (Wildman–Crippen MR) is 65.4 cm³/mol. The van der Waals surface area contributed by atoms with Crippen molar-refractivity contribution in [1.29, 1.82) is 0 Å². The van der Waals surface area contributed by atoms with Crippen LogP contribution >= 0.6 is 0 Å². The highest BCUT2D eigenvalue weighted by Crippen LogP contribution is 2.22. The molecule has 18 heavy (non-hydrogen) atoms. The van der Waals surface area contributed by atoms with Gasteiger partial charge in [0.25, 0.3) is 0 Å². The maximum absolute atomic E-state index is 12.0. The average molecular weight is 246 g/mol. The molecule has 94 valence electrons. The maximum atomic E-state index is 12.0. The molecule has 0 bridgehead atoms. The molecule has 2 aromatic rings. The van der Waals surface area contributed by atoms with Crippen LogP contribution in [0.4, 0.5) is 0 Å². The number of hydrogen-bond donors (Lipinski definition) is 0. The van der Waals surface area contributed by atoms with Gasteiger partial charge in [0.05, 0.1) is 5.54 Å². The van der Waals surface area contributed by atoms with Crippen LogP contribution in [-0.2, 0) is 5.54 Å². The lowest BCUT2D eigenvalue weighted by atomic mass is 9.95. The van der Waals surface area contributed by atoms with Gasteiger partial charge in [-0.2, -0.15) is 4.68 Å². The fraction of sp³-hybridized carbons (Fsp3) is 0.333. The van der Waals surface area contributed by atoms with Crippen molar-refractivity contribution < 1.29 is 4.79 Å². The van der Waals surface area contributed by atoms with Crippen molar-refractivity contribution in [1.82, 2.24) is 19.8 Å². The minimum absolute atomic E-state index is 0.449. The number of carbonyl (C=O) groups excluding carboxylic acids is 1. The van der Waals surface area contributed by atoms with E-state index in [1.807, 2.05) is 44.2 Å². The molecule has 0 aliphatic rings. The number of aromatic nitrogens is 4. The fourth-order valence-corrected chi connectivity index (χ4v) is 1.76. The average Bonchev–Trinajstić information content (AvgIpc) is 2.73. The second-order valence-electron chi connectivity index (χ2n) is 4.53. The van der Waals surface area contributed by atoms with Crippen LogP contribution in [0.2, 0.25) is 0 Å². The van der Waals surface area contributed by atoms with Gasteiger partial charge >= 0.3 is 5.69 Å². The van der Waals surface area contributed by atoms with Gasteiger partial charge in [-0.25, -0.2) is 4.79 Å². The summed E-state index contributed by atoms with van der Waals surface area (Å²) in [5.74, 6) is -0.449. The first-order valence-corrected chi connectivity index (χ1v) is 5.56. The van der Waals surface area contributed by atoms with Gasteiger partial charge in [0.15, 0.2) is 0 Å². The lowest BCUT2D eigenvalue weighted by molar-refractivity contribution is 0.0914. The van der Waals surface area contributed by atoms with Crippen LogP contribution < -0.4 is 5.69 Å². The molecule has 0 aliphatic heterocycles. The van der Waals surface area contributed by atoms with Crippen LogP contribution in [0, 0.1) is 0 Å². The van der Waals surface area contributed by atoms with Gasteiger partial charge in [-0.3, -0.25) is 4.79 Å². The molecule has 0 amide bonds. The van der Waals surface area contributed by atoms with E-state index in [-0.39, 0.29) is 0 Å². The Morgan fingerprint density at radius 2 is 1.78 bits per heavy atom. The van der Waals surface area contributed by atoms with Gasteiger partial charge in [0.1, 0.15) is 0 Å². The highest BCUT2D eigenvalue weighted by molar-refractivity contribution is 5.74. The molecule has 0 unspecified atom stereocenters. The van der Waals surface area contributed by atoms with Crippen LogP contribution in [0.25, 0.3) is 0 Å². The van der Waals surface area contributed by atoms with E-state index < -0.39 is 17.1 Å². The van der Waals surface area contributed by atoms with Crippen molar-refractivity contribution in [2.45, 2.75) is 26.3 Å². The number of tetrazole rings is 1. The monoisotopic (exact) mass is 246 g/mol. The van der Waals surface area contributed by atoms with E-state index in [1.54, 1.807) is 0 Å². The quantitative estimate of drug-likeness (QED) is 0.738. The molecule has 0 saturated carbocycles. The lowest BCUT2D eigenvalue weighted by Crippen LogP contribution is -2.39. The number of hydrogen-bond acceptors (Lipinski definition) is 4. The SMILES string of the molecule is CC(=O)n1nnn(C(C)(C)c2ccccc2)c1=O. The van der Waals surface area contributed by atoms with Gasteiger partial charge < -0.3 is 0 Å². The Morgan fingerprint density at radius 1 is 1.17 bits per heavy atom. The summed E-state index contributed by atoms with van der Waals surface area (Å²) in [7, 11) is 0. The second kappa shape index (κ2) is 4.21. The Hall–Kier alpha value is -2.24. The molecule has 6 heteroatoms. The molecule has 0 N–H and O–H groups in total. The highest BCUT2D eigenvalue weighted by atomic mass is 16.2. The Balaban J connectivity index is 2.55. The van der Waals surface area contributed by atoms with Crippen molar-refractivity contribution in [2.75, 3.05) is 0 Å². The Kier molecular flexibility index (Phi) is 2.86. The molecule has 0 aliphatic carbocycles. The number of rotatable bonds is 2. The molecule has 2 rings (SSSR count). The van der Waals surface area contributed by atoms with Gasteiger partial charge in [-0.05, 0) is 29.8 Å². The van der Waals surface area contributed by atoms with Gasteiger partial charge in [0, 0.05) is 6.92 Å². The Bertz CT molecular complexity index is 625. The van der Waals surface area contributed by atoms with Crippen LogP contribution in [0.15, 0.2) is 35.1 Å². The van der Waals surface area contributed by atoms with E-state index in [0.717, 1.165) is 10.2 Å². The minimum Gasteiger partial charge on any atom is -0.273 e. The number of benzene rings is 1. The molecule has 0 atom stereocenters. The topological polar surface area (TPSA) is 69.8 Å². The zero-order valence-electron chi connectivity index (χ0n) is 10.5. The van der Waals surface area contributed by atoms with Crippen LogP contribution in [0.5, 0.6) is 0 Å². The largest absolute Gasteiger partial charge is 0.371 e. The van der Waals surface area contributed by atoms with E-state index >= 15 is 0 Å². The van der Waals surface area contributed by atoms with E-state index in [2.05, 4.69) is 10.4 Å². The summed E-state index contributed by atoms with van der Waals surface area (Å²) in [6.07, 6.45) is 0. The van der Waals surface area contributed by atoms with Crippen molar-refractivity contribution in [3.8, 4) is 0 Å². The van der Waals surface area contributed by atoms with E-state index in [0.29, 0.717) is 0 Å². The van der Waals surface area contributed by atoms with Crippen molar-refractivity contribution in [3.63, 3.8) is 0 Å². The third-order valence-electron chi connectivity index (χ3n) is 2.89. The van der Waals surface area contributed by atoms with E-state index in [9.17, 15) is 9.59 Å². The maximum Gasteiger partial charge on any atom is 0.371 e. The summed E-state index contributed by atoms with van der Waals surface area (Å²) in [5.41, 5.74) is -0.273. The molecular formula is C12H14N4O2. The first kappa shape index (κ1) is 12.2. The molecular weight excluding hydrogens is 232 g/mol. The normalized spacial score (nSPS) is 11.5. The lowest BCUT2D eigenvalue weighted by Gasteiger charge is -2.23. The van der Waals surface area contributed by atoms with Crippen molar-refractivity contribution in [3.05, 3.63) is 46.4 Å². The zero-order valence-corrected chi connectivity index (χ0v) is 10.5. The molecule has 0 spiro atoms. The summed E-state index contributed by atoms with van der Waals surface area (Å²) in [5, 5.41) is 7.36. The summed E-state index contributed by atoms with van der Waals surface area (Å²) in [4.78, 5) is 23.2. The third-order valence-corrected chi connectivity index (χ3v) is 2.89. The molecule has 0 radical (unpaired) electrons. The molecule has 0 saturated heterocycles. The molecule has 1 heterocycles. The molecule has 0 fully saturated rings. The summed E-state index contributed by atoms with van der Waals surface area (Å²) >= 11 is 0. The fourth-order valence-electron chi connectivity index (χ4n) is 1.76. The first-order chi connectivity index (χ1) is 8.44. The molecule has 1 aromatic heterocycles. The van der Waals surface area contributed by atoms with Gasteiger partial charge in [-0.1, -0.05) is 30.3 Å². The Labute approximate surface area is 104 Å². The first-order valence-electron chi connectivity index (χ1n) is 5.56. The number of nitrogens with zero attached hydrogens (tertiary/aromatic N) is 4.